The van der Waals surface area contributed by atoms with E-state index in [9.17, 15) is 13.2 Å². The molecule has 0 unspecified atom stereocenters. The molecule has 0 atom stereocenters. The third-order valence-electron chi connectivity index (χ3n) is 5.68. The fourth-order valence-corrected chi connectivity index (χ4v) is 5.62. The summed E-state index contributed by atoms with van der Waals surface area (Å²) in [5.74, 6) is -0.358. The lowest BCUT2D eigenvalue weighted by Gasteiger charge is -2.26. The molecule has 158 valence electrons. The standard InChI is InChI=1S/C24H22N2O4S/c27-24(17-7-6-8-19(15-17)31(28,29)26-13-4-1-5-14-26)25-18-11-12-23-21(16-18)20-9-2-3-10-22(20)30-23/h2-3,6-12,15-16H,1,4-5,13-14H2,(H,25,27). The van der Waals surface area contributed by atoms with Gasteiger partial charge in [0.05, 0.1) is 4.90 Å². The van der Waals surface area contributed by atoms with Crippen molar-refractivity contribution in [2.24, 2.45) is 0 Å². The van der Waals surface area contributed by atoms with E-state index in [1.807, 2.05) is 36.4 Å². The maximum atomic E-state index is 12.9. The van der Waals surface area contributed by atoms with Crippen LogP contribution < -0.4 is 5.32 Å². The fraction of sp³-hybridized carbons (Fsp3) is 0.208. The van der Waals surface area contributed by atoms with Gasteiger partial charge in [-0.1, -0.05) is 30.7 Å². The van der Waals surface area contributed by atoms with E-state index in [1.54, 1.807) is 24.3 Å². The van der Waals surface area contributed by atoms with Crippen molar-refractivity contribution < 1.29 is 17.6 Å². The van der Waals surface area contributed by atoms with Crippen LogP contribution in [0, 0.1) is 0 Å². The molecule has 3 aromatic carbocycles. The van der Waals surface area contributed by atoms with Gasteiger partial charge in [-0.15, -0.1) is 0 Å². The average Bonchev–Trinajstić information content (AvgIpc) is 3.18. The first kappa shape index (κ1) is 19.8. The second-order valence-corrected chi connectivity index (χ2v) is 9.69. The van der Waals surface area contributed by atoms with Crippen molar-refractivity contribution in [3.8, 4) is 0 Å². The Balaban J connectivity index is 1.42. The van der Waals surface area contributed by atoms with Crippen LogP contribution in [0.3, 0.4) is 0 Å². The summed E-state index contributed by atoms with van der Waals surface area (Å²) in [6.45, 7) is 1.05. The Labute approximate surface area is 180 Å². The zero-order valence-corrected chi connectivity index (χ0v) is 17.7. The van der Waals surface area contributed by atoms with Gasteiger partial charge in [0.25, 0.3) is 5.91 Å². The van der Waals surface area contributed by atoms with E-state index in [-0.39, 0.29) is 10.8 Å². The molecule has 5 rings (SSSR count). The van der Waals surface area contributed by atoms with Crippen molar-refractivity contribution in [2.75, 3.05) is 18.4 Å². The van der Waals surface area contributed by atoms with Crippen LogP contribution in [0.2, 0.25) is 0 Å². The molecular weight excluding hydrogens is 412 g/mol. The number of carbonyl (C=O) groups is 1. The number of hydrogen-bond acceptors (Lipinski definition) is 4. The predicted molar refractivity (Wildman–Crippen MR) is 121 cm³/mol. The number of para-hydroxylation sites is 1. The number of hydrogen-bond donors (Lipinski definition) is 1. The van der Waals surface area contributed by atoms with Crippen molar-refractivity contribution in [1.29, 1.82) is 0 Å². The van der Waals surface area contributed by atoms with Crippen LogP contribution in [0.15, 0.2) is 76.0 Å². The quantitative estimate of drug-likeness (QED) is 0.489. The van der Waals surface area contributed by atoms with Gasteiger partial charge in [0.15, 0.2) is 0 Å². The van der Waals surface area contributed by atoms with Gasteiger partial charge in [0.1, 0.15) is 11.2 Å². The Bertz CT molecular complexity index is 1390. The molecule has 1 aliphatic heterocycles. The molecule has 4 aromatic rings. The van der Waals surface area contributed by atoms with Crippen LogP contribution in [0.25, 0.3) is 21.9 Å². The maximum Gasteiger partial charge on any atom is 0.255 e. The zero-order chi connectivity index (χ0) is 21.4. The van der Waals surface area contributed by atoms with Gasteiger partial charge >= 0.3 is 0 Å². The van der Waals surface area contributed by atoms with Gasteiger partial charge < -0.3 is 9.73 Å². The Morgan fingerprint density at radius 3 is 2.45 bits per heavy atom. The summed E-state index contributed by atoms with van der Waals surface area (Å²) in [7, 11) is -3.60. The number of anilines is 1. The third kappa shape index (κ3) is 3.71. The van der Waals surface area contributed by atoms with Crippen molar-refractivity contribution in [1.82, 2.24) is 4.31 Å². The molecule has 2 heterocycles. The number of rotatable bonds is 4. The van der Waals surface area contributed by atoms with E-state index in [4.69, 9.17) is 4.42 Å². The summed E-state index contributed by atoms with van der Waals surface area (Å²) in [6, 6.07) is 19.4. The van der Waals surface area contributed by atoms with E-state index < -0.39 is 10.0 Å². The Kier molecular flexibility index (Phi) is 5.00. The first-order chi connectivity index (χ1) is 15.0. The molecular formula is C24H22N2O4S. The monoisotopic (exact) mass is 434 g/mol. The molecule has 0 radical (unpaired) electrons. The van der Waals surface area contributed by atoms with Gasteiger partial charge in [-0.25, -0.2) is 8.42 Å². The molecule has 31 heavy (non-hydrogen) atoms. The number of piperidine rings is 1. The lowest BCUT2D eigenvalue weighted by Crippen LogP contribution is -2.35. The molecule has 0 spiro atoms. The second-order valence-electron chi connectivity index (χ2n) is 7.76. The summed E-state index contributed by atoms with van der Waals surface area (Å²) in [4.78, 5) is 13.0. The number of fused-ring (bicyclic) bond motifs is 3. The number of furan rings is 1. The van der Waals surface area contributed by atoms with E-state index in [1.165, 1.54) is 10.4 Å². The molecule has 7 heteroatoms. The number of nitrogens with zero attached hydrogens (tertiary/aromatic N) is 1. The van der Waals surface area contributed by atoms with Crippen LogP contribution in [-0.4, -0.2) is 31.7 Å². The van der Waals surface area contributed by atoms with Crippen LogP contribution in [0.4, 0.5) is 5.69 Å². The maximum absolute atomic E-state index is 12.9. The molecule has 1 aromatic heterocycles. The van der Waals surface area contributed by atoms with Crippen molar-refractivity contribution in [2.45, 2.75) is 24.2 Å². The highest BCUT2D eigenvalue weighted by atomic mass is 32.2. The molecule has 0 bridgehead atoms. The molecule has 6 nitrogen and oxygen atoms in total. The zero-order valence-electron chi connectivity index (χ0n) is 16.9. The van der Waals surface area contributed by atoms with E-state index in [0.29, 0.717) is 24.3 Å². The van der Waals surface area contributed by atoms with Crippen LogP contribution in [0.5, 0.6) is 0 Å². The minimum Gasteiger partial charge on any atom is -0.456 e. The largest absolute Gasteiger partial charge is 0.456 e. The molecule has 1 fully saturated rings. The van der Waals surface area contributed by atoms with Gasteiger partial charge in [0, 0.05) is 35.1 Å². The van der Waals surface area contributed by atoms with Crippen LogP contribution in [-0.2, 0) is 10.0 Å². The topological polar surface area (TPSA) is 79.6 Å². The fourth-order valence-electron chi connectivity index (χ4n) is 4.06. The third-order valence-corrected chi connectivity index (χ3v) is 7.58. The summed E-state index contributed by atoms with van der Waals surface area (Å²) in [5.41, 5.74) is 2.45. The Morgan fingerprint density at radius 1 is 0.839 bits per heavy atom. The predicted octanol–water partition coefficient (Wildman–Crippen LogP) is 5.01. The number of amides is 1. The summed E-state index contributed by atoms with van der Waals surface area (Å²) in [5, 5.41) is 4.76. The van der Waals surface area contributed by atoms with Crippen LogP contribution in [0.1, 0.15) is 29.6 Å². The number of sulfonamides is 1. The minimum absolute atomic E-state index is 0.151. The minimum atomic E-state index is -3.60. The Morgan fingerprint density at radius 2 is 1.61 bits per heavy atom. The molecule has 1 N–H and O–H groups in total. The SMILES string of the molecule is O=C(Nc1ccc2oc3ccccc3c2c1)c1cccc(S(=O)(=O)N2CCCCC2)c1. The highest BCUT2D eigenvalue weighted by molar-refractivity contribution is 7.89. The summed E-state index contributed by atoms with van der Waals surface area (Å²) in [6.07, 6.45) is 2.78. The van der Waals surface area contributed by atoms with E-state index in [0.717, 1.165) is 41.2 Å². The molecule has 1 saturated heterocycles. The van der Waals surface area contributed by atoms with Gasteiger partial charge in [-0.2, -0.15) is 4.31 Å². The van der Waals surface area contributed by atoms with Crippen molar-refractivity contribution in [3.63, 3.8) is 0 Å². The van der Waals surface area contributed by atoms with Gasteiger partial charge in [-0.3, -0.25) is 4.79 Å². The number of nitrogens with one attached hydrogen (secondary N) is 1. The summed E-state index contributed by atoms with van der Waals surface area (Å²) < 4.78 is 33.2. The molecule has 0 aliphatic carbocycles. The van der Waals surface area contributed by atoms with Gasteiger partial charge in [0.2, 0.25) is 10.0 Å². The number of benzene rings is 3. The smallest absolute Gasteiger partial charge is 0.255 e. The lowest BCUT2D eigenvalue weighted by molar-refractivity contribution is 0.102. The molecule has 1 amide bonds. The first-order valence-corrected chi connectivity index (χ1v) is 11.8. The van der Waals surface area contributed by atoms with Crippen molar-refractivity contribution >= 4 is 43.6 Å². The number of carbonyl (C=O) groups excluding carboxylic acids is 1. The van der Waals surface area contributed by atoms with E-state index >= 15 is 0 Å². The normalized spacial score (nSPS) is 15.4. The lowest BCUT2D eigenvalue weighted by atomic mass is 10.1. The Hall–Kier alpha value is -3.16. The van der Waals surface area contributed by atoms with E-state index in [2.05, 4.69) is 5.32 Å². The van der Waals surface area contributed by atoms with Crippen LogP contribution >= 0.6 is 0 Å². The first-order valence-electron chi connectivity index (χ1n) is 10.4. The second kappa shape index (κ2) is 7.83. The molecule has 0 saturated carbocycles. The highest BCUT2D eigenvalue weighted by Gasteiger charge is 2.26. The highest BCUT2D eigenvalue weighted by Crippen LogP contribution is 2.30. The van der Waals surface area contributed by atoms with Gasteiger partial charge in [-0.05, 0) is 55.3 Å². The summed E-state index contributed by atoms with van der Waals surface area (Å²) >= 11 is 0. The van der Waals surface area contributed by atoms with Crippen molar-refractivity contribution in [3.05, 3.63) is 72.3 Å². The molecule has 1 aliphatic rings. The average molecular weight is 435 g/mol.